The molecule has 1 N–H and O–H groups in total. The number of amides is 1. The van der Waals surface area contributed by atoms with Gasteiger partial charge in [0.2, 0.25) is 0 Å². The van der Waals surface area contributed by atoms with Crippen molar-refractivity contribution in [3.05, 3.63) is 96.8 Å². The monoisotopic (exact) mass is 554 g/mol. The third kappa shape index (κ3) is 7.98. The highest BCUT2D eigenvalue weighted by atomic mass is 16.6. The Morgan fingerprint density at radius 3 is 2.24 bits per heavy atom. The van der Waals surface area contributed by atoms with Crippen LogP contribution in [0.5, 0.6) is 5.75 Å². The lowest BCUT2D eigenvalue weighted by molar-refractivity contribution is -0.148. The van der Waals surface area contributed by atoms with Crippen LogP contribution in [0.1, 0.15) is 39.2 Å². The van der Waals surface area contributed by atoms with Crippen LogP contribution in [-0.2, 0) is 20.8 Å². The van der Waals surface area contributed by atoms with Crippen molar-refractivity contribution >= 4 is 17.7 Å². The van der Waals surface area contributed by atoms with Crippen LogP contribution in [-0.4, -0.2) is 41.8 Å². The van der Waals surface area contributed by atoms with Gasteiger partial charge in [-0.15, -0.1) is 0 Å². The molecule has 214 valence electrons. The van der Waals surface area contributed by atoms with Crippen molar-refractivity contribution < 1.29 is 23.8 Å². The van der Waals surface area contributed by atoms with Gasteiger partial charge in [-0.25, -0.2) is 9.59 Å². The average Bonchev–Trinajstić information content (AvgIpc) is 3.47. The Morgan fingerprint density at radius 2 is 1.56 bits per heavy atom. The molecule has 1 heterocycles. The molecule has 0 radical (unpaired) electrons. The molecule has 0 aromatic heterocycles. The van der Waals surface area contributed by atoms with Gasteiger partial charge >= 0.3 is 12.1 Å². The first-order valence-corrected chi connectivity index (χ1v) is 14.2. The molecular weight excluding hydrogens is 516 g/mol. The minimum absolute atomic E-state index is 0.0544. The highest BCUT2D eigenvalue weighted by Gasteiger charge is 2.42. The molecular formula is C34H38N2O5. The lowest BCUT2D eigenvalue weighted by atomic mass is 10.0. The van der Waals surface area contributed by atoms with Gasteiger partial charge in [0.25, 0.3) is 0 Å². The normalized spacial score (nSPS) is 20.5. The van der Waals surface area contributed by atoms with E-state index in [0.29, 0.717) is 17.6 Å². The lowest BCUT2D eigenvalue weighted by Gasteiger charge is -2.20. The van der Waals surface area contributed by atoms with Crippen molar-refractivity contribution in [2.75, 3.05) is 18.4 Å². The molecule has 2 aliphatic rings. The van der Waals surface area contributed by atoms with Crippen molar-refractivity contribution in [2.24, 2.45) is 11.8 Å². The SMILES string of the molecule is CC(C)(C)OC(=O)/C=C\Oc1ccc(CN2C[C@H]3CC(OC(=O)Nc4ccccc4-c4ccccc4)C[C@H]3C2)cc1. The Bertz CT molecular complexity index is 1350. The van der Waals surface area contributed by atoms with Gasteiger partial charge < -0.3 is 14.2 Å². The Balaban J connectivity index is 1.06. The first-order valence-electron chi connectivity index (χ1n) is 14.2. The number of hydrogen-bond donors (Lipinski definition) is 1. The first kappa shape index (κ1) is 28.4. The van der Waals surface area contributed by atoms with Crippen molar-refractivity contribution in [3.63, 3.8) is 0 Å². The quantitative estimate of drug-likeness (QED) is 0.183. The largest absolute Gasteiger partial charge is 0.465 e. The zero-order valence-corrected chi connectivity index (χ0v) is 23.9. The fourth-order valence-corrected chi connectivity index (χ4v) is 5.75. The number of fused-ring (bicyclic) bond motifs is 1. The molecule has 3 atom stereocenters. The van der Waals surface area contributed by atoms with Gasteiger partial charge in [-0.1, -0.05) is 60.7 Å². The molecule has 3 aromatic rings. The van der Waals surface area contributed by atoms with Gasteiger partial charge in [-0.2, -0.15) is 0 Å². The van der Waals surface area contributed by atoms with E-state index in [9.17, 15) is 9.59 Å². The summed E-state index contributed by atoms with van der Waals surface area (Å²) in [6.07, 6.45) is 3.98. The smallest absolute Gasteiger partial charge is 0.411 e. The number of benzene rings is 3. The number of esters is 1. The van der Waals surface area contributed by atoms with E-state index in [4.69, 9.17) is 14.2 Å². The van der Waals surface area contributed by atoms with Crippen LogP contribution < -0.4 is 10.1 Å². The number of ether oxygens (including phenoxy) is 3. The van der Waals surface area contributed by atoms with Crippen LogP contribution >= 0.6 is 0 Å². The number of anilines is 1. The van der Waals surface area contributed by atoms with Crippen molar-refractivity contribution in [3.8, 4) is 16.9 Å². The molecule has 1 aliphatic heterocycles. The van der Waals surface area contributed by atoms with E-state index >= 15 is 0 Å². The van der Waals surface area contributed by atoms with E-state index in [0.717, 1.165) is 49.3 Å². The van der Waals surface area contributed by atoms with Gasteiger partial charge in [0.1, 0.15) is 17.5 Å². The minimum Gasteiger partial charge on any atom is -0.465 e. The van der Waals surface area contributed by atoms with E-state index in [1.54, 1.807) is 0 Å². The Hall–Kier alpha value is -4.10. The summed E-state index contributed by atoms with van der Waals surface area (Å²) >= 11 is 0. The third-order valence-electron chi connectivity index (χ3n) is 7.45. The molecule has 1 saturated carbocycles. The van der Waals surface area contributed by atoms with Gasteiger partial charge in [0, 0.05) is 25.2 Å². The lowest BCUT2D eigenvalue weighted by Crippen LogP contribution is -2.25. The van der Waals surface area contributed by atoms with Crippen LogP contribution in [0.2, 0.25) is 0 Å². The summed E-state index contributed by atoms with van der Waals surface area (Å²) in [6.45, 7) is 8.34. The number of nitrogens with zero attached hydrogens (tertiary/aromatic N) is 1. The van der Waals surface area contributed by atoms with Crippen LogP contribution in [0.15, 0.2) is 91.2 Å². The molecule has 1 saturated heterocycles. The molecule has 5 rings (SSSR count). The number of carbonyl (C=O) groups is 2. The average molecular weight is 555 g/mol. The molecule has 1 aliphatic carbocycles. The van der Waals surface area contributed by atoms with E-state index in [-0.39, 0.29) is 6.10 Å². The predicted molar refractivity (Wildman–Crippen MR) is 159 cm³/mol. The Labute approximate surface area is 242 Å². The summed E-state index contributed by atoms with van der Waals surface area (Å²) in [5.41, 5.74) is 3.45. The van der Waals surface area contributed by atoms with Crippen LogP contribution in [0.4, 0.5) is 10.5 Å². The molecule has 3 aromatic carbocycles. The zero-order chi connectivity index (χ0) is 28.8. The fourth-order valence-electron chi connectivity index (χ4n) is 5.75. The van der Waals surface area contributed by atoms with Crippen LogP contribution in [0.3, 0.4) is 0 Å². The predicted octanol–water partition coefficient (Wildman–Crippen LogP) is 7.05. The van der Waals surface area contributed by atoms with E-state index in [1.165, 1.54) is 17.9 Å². The molecule has 41 heavy (non-hydrogen) atoms. The fraction of sp³-hybridized carbons (Fsp3) is 0.353. The topological polar surface area (TPSA) is 77.1 Å². The molecule has 0 bridgehead atoms. The zero-order valence-electron chi connectivity index (χ0n) is 23.9. The highest BCUT2D eigenvalue weighted by Crippen LogP contribution is 2.40. The molecule has 1 unspecified atom stereocenters. The number of nitrogens with one attached hydrogen (secondary N) is 1. The van der Waals surface area contributed by atoms with Crippen molar-refractivity contribution in [2.45, 2.75) is 51.9 Å². The molecule has 0 spiro atoms. The van der Waals surface area contributed by atoms with Crippen molar-refractivity contribution in [1.82, 2.24) is 4.90 Å². The van der Waals surface area contributed by atoms with E-state index < -0.39 is 17.7 Å². The van der Waals surface area contributed by atoms with Gasteiger partial charge in [-0.3, -0.25) is 10.2 Å². The highest BCUT2D eigenvalue weighted by molar-refractivity contribution is 5.91. The molecule has 7 nitrogen and oxygen atoms in total. The molecule has 7 heteroatoms. The van der Waals surface area contributed by atoms with E-state index in [1.807, 2.05) is 99.6 Å². The number of rotatable bonds is 8. The third-order valence-corrected chi connectivity index (χ3v) is 7.45. The first-order chi connectivity index (χ1) is 19.7. The van der Waals surface area contributed by atoms with Gasteiger partial charge in [0.05, 0.1) is 18.0 Å². The maximum Gasteiger partial charge on any atom is 0.411 e. The summed E-state index contributed by atoms with van der Waals surface area (Å²) in [5, 5.41) is 2.97. The second-order valence-electron chi connectivity index (χ2n) is 11.8. The number of hydrogen-bond acceptors (Lipinski definition) is 6. The maximum absolute atomic E-state index is 12.8. The van der Waals surface area contributed by atoms with Crippen molar-refractivity contribution in [1.29, 1.82) is 0 Å². The number of carbonyl (C=O) groups excluding carboxylic acids is 2. The van der Waals surface area contributed by atoms with Crippen LogP contribution in [0.25, 0.3) is 11.1 Å². The summed E-state index contributed by atoms with van der Waals surface area (Å²) < 4.78 is 16.6. The summed E-state index contributed by atoms with van der Waals surface area (Å²) in [6, 6.07) is 25.7. The van der Waals surface area contributed by atoms with Crippen LogP contribution in [0, 0.1) is 11.8 Å². The van der Waals surface area contributed by atoms with E-state index in [2.05, 4.69) is 10.2 Å². The second-order valence-corrected chi connectivity index (χ2v) is 11.8. The molecule has 2 fully saturated rings. The summed E-state index contributed by atoms with van der Waals surface area (Å²) in [4.78, 5) is 27.0. The molecule has 1 amide bonds. The Morgan fingerprint density at radius 1 is 0.902 bits per heavy atom. The number of likely N-dealkylation sites (tertiary alicyclic amines) is 1. The summed E-state index contributed by atoms with van der Waals surface area (Å²) in [7, 11) is 0. The Kier molecular flexibility index (Phi) is 8.74. The maximum atomic E-state index is 12.8. The standard InChI is InChI=1S/C34H38N2O5/c1-34(2,3)41-32(37)17-18-39-28-15-13-24(14-16-28)21-36-22-26-19-29(20-27(26)23-36)40-33(38)35-31-12-8-7-11-30(31)25-9-5-4-6-10-25/h4-18,26-27,29H,19-23H2,1-3H3,(H,35,38)/b18-17-/t26-,27+,29?. The van der Waals surface area contributed by atoms with Gasteiger partial charge in [0.15, 0.2) is 0 Å². The summed E-state index contributed by atoms with van der Waals surface area (Å²) in [5.74, 6) is 1.29. The minimum atomic E-state index is -0.532. The number of para-hydroxylation sites is 1. The van der Waals surface area contributed by atoms with Gasteiger partial charge in [-0.05, 0) is 74.8 Å². The second kappa shape index (κ2) is 12.6.